The molecule has 5 heteroatoms. The molecule has 1 heterocycles. The second-order valence-electron chi connectivity index (χ2n) is 5.12. The van der Waals surface area contributed by atoms with Crippen molar-refractivity contribution in [2.75, 3.05) is 20.6 Å². The van der Waals surface area contributed by atoms with Crippen LogP contribution in [-0.4, -0.2) is 42.4 Å². The molecular formula is C14H18F2N2O. The largest absolute Gasteiger partial charge is 0.347 e. The summed E-state index contributed by atoms with van der Waals surface area (Å²) in [6.07, 6.45) is 0.434. The molecule has 1 amide bonds. The number of carbonyl (C=O) groups is 1. The Morgan fingerprint density at radius 1 is 1.26 bits per heavy atom. The summed E-state index contributed by atoms with van der Waals surface area (Å²) in [6, 6.07) is 1.99. The van der Waals surface area contributed by atoms with Gasteiger partial charge in [-0.05, 0) is 31.0 Å². The van der Waals surface area contributed by atoms with E-state index in [9.17, 15) is 13.6 Å². The number of hydrogen-bond acceptors (Lipinski definition) is 2. The first-order valence-corrected chi connectivity index (χ1v) is 6.32. The Kier molecular flexibility index (Phi) is 3.85. The van der Waals surface area contributed by atoms with E-state index in [2.05, 4.69) is 0 Å². The van der Waals surface area contributed by atoms with Gasteiger partial charge in [0.05, 0.1) is 6.04 Å². The zero-order valence-corrected chi connectivity index (χ0v) is 11.4. The summed E-state index contributed by atoms with van der Waals surface area (Å²) in [4.78, 5) is 15.3. The third-order valence-corrected chi connectivity index (χ3v) is 3.67. The van der Waals surface area contributed by atoms with Crippen LogP contribution in [0.2, 0.25) is 0 Å². The fourth-order valence-corrected chi connectivity index (χ4v) is 2.48. The normalized spacial score (nSPS) is 16.9. The monoisotopic (exact) mass is 268 g/mol. The summed E-state index contributed by atoms with van der Waals surface area (Å²) in [6.45, 7) is 2.64. The van der Waals surface area contributed by atoms with Crippen molar-refractivity contribution in [3.63, 3.8) is 0 Å². The van der Waals surface area contributed by atoms with Gasteiger partial charge < -0.3 is 4.90 Å². The second kappa shape index (κ2) is 5.25. The Morgan fingerprint density at radius 3 is 2.42 bits per heavy atom. The van der Waals surface area contributed by atoms with Crippen LogP contribution in [0.4, 0.5) is 8.78 Å². The molecule has 0 aromatic heterocycles. The highest BCUT2D eigenvalue weighted by Crippen LogP contribution is 2.25. The predicted molar refractivity (Wildman–Crippen MR) is 68.6 cm³/mol. The van der Waals surface area contributed by atoms with Crippen molar-refractivity contribution in [3.05, 3.63) is 34.9 Å². The van der Waals surface area contributed by atoms with Crippen molar-refractivity contribution < 1.29 is 13.6 Å². The van der Waals surface area contributed by atoms with Crippen LogP contribution >= 0.6 is 0 Å². The van der Waals surface area contributed by atoms with Gasteiger partial charge in [-0.25, -0.2) is 8.78 Å². The van der Waals surface area contributed by atoms with Crippen molar-refractivity contribution in [2.24, 2.45) is 0 Å². The minimum Gasteiger partial charge on any atom is -0.347 e. The van der Waals surface area contributed by atoms with Crippen molar-refractivity contribution in [1.82, 2.24) is 9.80 Å². The Morgan fingerprint density at radius 2 is 1.84 bits per heavy atom. The van der Waals surface area contributed by atoms with E-state index in [0.717, 1.165) is 12.1 Å². The molecule has 0 spiro atoms. The first-order valence-electron chi connectivity index (χ1n) is 6.32. The van der Waals surface area contributed by atoms with Crippen LogP contribution in [0.25, 0.3) is 0 Å². The van der Waals surface area contributed by atoms with Gasteiger partial charge in [0.25, 0.3) is 0 Å². The lowest BCUT2D eigenvalue weighted by Gasteiger charge is -2.34. The minimum absolute atomic E-state index is 0.0275. The van der Waals surface area contributed by atoms with E-state index in [1.165, 1.54) is 4.90 Å². The van der Waals surface area contributed by atoms with Gasteiger partial charge in [-0.1, -0.05) is 0 Å². The SMILES string of the molecule is CC(C(=O)N(C)C)N1CCc2c(F)ccc(F)c2C1. The molecule has 0 bridgehead atoms. The number of benzene rings is 1. The van der Waals surface area contributed by atoms with Crippen molar-refractivity contribution >= 4 is 5.91 Å². The molecule has 1 atom stereocenters. The molecule has 3 nitrogen and oxygen atoms in total. The van der Waals surface area contributed by atoms with Crippen LogP contribution in [0.15, 0.2) is 12.1 Å². The number of halogens is 2. The molecule has 0 radical (unpaired) electrons. The zero-order chi connectivity index (χ0) is 14.2. The molecule has 0 saturated heterocycles. The van der Waals surface area contributed by atoms with Crippen LogP contribution < -0.4 is 0 Å². The van der Waals surface area contributed by atoms with E-state index in [1.54, 1.807) is 21.0 Å². The maximum absolute atomic E-state index is 13.8. The van der Waals surface area contributed by atoms with Gasteiger partial charge in [-0.3, -0.25) is 9.69 Å². The van der Waals surface area contributed by atoms with Crippen molar-refractivity contribution in [3.8, 4) is 0 Å². The molecule has 0 N–H and O–H groups in total. The third-order valence-electron chi connectivity index (χ3n) is 3.67. The molecule has 104 valence electrons. The fourth-order valence-electron chi connectivity index (χ4n) is 2.48. The molecule has 2 rings (SSSR count). The Balaban J connectivity index is 2.23. The van der Waals surface area contributed by atoms with Crippen molar-refractivity contribution in [2.45, 2.75) is 25.9 Å². The Labute approximate surface area is 111 Å². The first-order chi connectivity index (χ1) is 8.91. The topological polar surface area (TPSA) is 23.6 Å². The van der Waals surface area contributed by atoms with Gasteiger partial charge in [0.2, 0.25) is 5.91 Å². The summed E-state index contributed by atoms with van der Waals surface area (Å²) in [5, 5.41) is 0. The lowest BCUT2D eigenvalue weighted by molar-refractivity contribution is -0.134. The number of amides is 1. The summed E-state index contributed by atoms with van der Waals surface area (Å²) in [5.41, 5.74) is 0.824. The number of hydrogen-bond donors (Lipinski definition) is 0. The van der Waals surface area contributed by atoms with E-state index < -0.39 is 5.82 Å². The average Bonchev–Trinajstić information content (AvgIpc) is 2.41. The average molecular weight is 268 g/mol. The maximum atomic E-state index is 13.8. The summed E-state index contributed by atoms with van der Waals surface area (Å²) < 4.78 is 27.4. The highest BCUT2D eigenvalue weighted by atomic mass is 19.1. The van der Waals surface area contributed by atoms with E-state index in [-0.39, 0.29) is 24.3 Å². The number of fused-ring (bicyclic) bond motifs is 1. The molecule has 0 aliphatic carbocycles. The van der Waals surface area contributed by atoms with Crippen LogP contribution in [0.1, 0.15) is 18.1 Å². The van der Waals surface area contributed by atoms with Gasteiger partial charge in [0, 0.05) is 32.7 Å². The maximum Gasteiger partial charge on any atom is 0.239 e. The Hall–Kier alpha value is -1.49. The Bertz CT molecular complexity index is 502. The van der Waals surface area contributed by atoms with Crippen LogP contribution in [0.5, 0.6) is 0 Å². The molecule has 19 heavy (non-hydrogen) atoms. The highest BCUT2D eigenvalue weighted by molar-refractivity contribution is 5.81. The standard InChI is InChI=1S/C14H18F2N2O/c1-9(14(19)17(2)3)18-7-6-10-11(8-18)13(16)5-4-12(10)15/h4-5,9H,6-8H2,1-3H3. The quantitative estimate of drug-likeness (QED) is 0.816. The van der Waals surface area contributed by atoms with Crippen molar-refractivity contribution in [1.29, 1.82) is 0 Å². The van der Waals surface area contributed by atoms with E-state index in [0.29, 0.717) is 24.1 Å². The number of carbonyl (C=O) groups excluding carboxylic acids is 1. The first kappa shape index (κ1) is 13.9. The summed E-state index contributed by atoms with van der Waals surface area (Å²) in [7, 11) is 3.38. The predicted octanol–water partition coefficient (Wildman–Crippen LogP) is 1.80. The molecule has 0 fully saturated rings. The lowest BCUT2D eigenvalue weighted by Crippen LogP contribution is -2.46. The fraction of sp³-hybridized carbons (Fsp3) is 0.500. The highest BCUT2D eigenvalue weighted by Gasteiger charge is 2.28. The molecule has 1 aliphatic rings. The molecule has 1 aromatic rings. The zero-order valence-electron chi connectivity index (χ0n) is 11.4. The summed E-state index contributed by atoms with van der Waals surface area (Å²) in [5.74, 6) is -0.784. The van der Waals surface area contributed by atoms with E-state index >= 15 is 0 Å². The molecule has 1 aromatic carbocycles. The van der Waals surface area contributed by atoms with Gasteiger partial charge in [0.1, 0.15) is 11.6 Å². The smallest absolute Gasteiger partial charge is 0.239 e. The molecule has 1 aliphatic heterocycles. The van der Waals surface area contributed by atoms with Crippen LogP contribution in [0, 0.1) is 11.6 Å². The van der Waals surface area contributed by atoms with Crippen LogP contribution in [0.3, 0.4) is 0 Å². The molecular weight excluding hydrogens is 250 g/mol. The van der Waals surface area contributed by atoms with E-state index in [1.807, 2.05) is 4.90 Å². The number of nitrogens with zero attached hydrogens (tertiary/aromatic N) is 2. The van der Waals surface area contributed by atoms with Crippen LogP contribution in [-0.2, 0) is 17.8 Å². The third kappa shape index (κ3) is 2.61. The van der Waals surface area contributed by atoms with Gasteiger partial charge >= 0.3 is 0 Å². The van der Waals surface area contributed by atoms with E-state index in [4.69, 9.17) is 0 Å². The molecule has 1 unspecified atom stereocenters. The second-order valence-corrected chi connectivity index (χ2v) is 5.12. The molecule has 0 saturated carbocycles. The lowest BCUT2D eigenvalue weighted by atomic mass is 9.97. The van der Waals surface area contributed by atoms with Gasteiger partial charge in [-0.15, -0.1) is 0 Å². The number of rotatable bonds is 2. The van der Waals surface area contributed by atoms with Gasteiger partial charge in [0.15, 0.2) is 0 Å². The number of likely N-dealkylation sites (N-methyl/N-ethyl adjacent to an activating group) is 1. The minimum atomic E-state index is -0.398. The van der Waals surface area contributed by atoms with Gasteiger partial charge in [-0.2, -0.15) is 0 Å². The summed E-state index contributed by atoms with van der Waals surface area (Å²) >= 11 is 0.